The van der Waals surface area contributed by atoms with Crippen molar-refractivity contribution in [1.82, 2.24) is 4.90 Å². The highest BCUT2D eigenvalue weighted by Crippen LogP contribution is 2.21. The van der Waals surface area contributed by atoms with E-state index < -0.39 is 12.1 Å². The van der Waals surface area contributed by atoms with Crippen LogP contribution in [-0.4, -0.2) is 53.5 Å². The molecule has 4 nitrogen and oxygen atoms in total. The summed E-state index contributed by atoms with van der Waals surface area (Å²) in [5, 5.41) is 18.2. The molecule has 0 radical (unpaired) electrons. The Morgan fingerprint density at radius 1 is 1.36 bits per heavy atom. The molecule has 2 N–H and O–H groups in total. The van der Waals surface area contributed by atoms with Gasteiger partial charge in [0.05, 0.1) is 0 Å². The van der Waals surface area contributed by atoms with Gasteiger partial charge in [0.15, 0.2) is 0 Å². The van der Waals surface area contributed by atoms with Crippen LogP contribution in [0.25, 0.3) is 0 Å². The van der Waals surface area contributed by atoms with Gasteiger partial charge in [-0.3, -0.25) is 0 Å². The molecule has 0 aliphatic carbocycles. The molecule has 144 valence electrons. The lowest BCUT2D eigenvalue weighted by Gasteiger charge is -2.32. The Morgan fingerprint density at radius 3 is 2.64 bits per heavy atom. The number of aliphatic hydroxyl groups excluding tert-OH is 1. The quantitative estimate of drug-likeness (QED) is 0.754. The largest absolute Gasteiger partial charge is 0.490 e. The standard InChI is InChI=1S/C15H25NOS.C2HF3O2/c17-11-3-6-14-5-1-9-16(13-14)10-2-7-15-8-4-12-18-15;3-2(4,5)1(6)7/h4,8,12,14,17H,1-3,5-7,9-11,13H2;(H,6,7). The summed E-state index contributed by atoms with van der Waals surface area (Å²) >= 11 is 1.87. The van der Waals surface area contributed by atoms with Gasteiger partial charge in [-0.05, 0) is 69.0 Å². The van der Waals surface area contributed by atoms with Gasteiger partial charge >= 0.3 is 12.1 Å². The maximum absolute atomic E-state index is 10.6. The van der Waals surface area contributed by atoms with Gasteiger partial charge in [-0.15, -0.1) is 11.3 Å². The number of alkyl halides is 3. The topological polar surface area (TPSA) is 60.8 Å². The zero-order valence-electron chi connectivity index (χ0n) is 14.2. The Kier molecular flexibility index (Phi) is 10.1. The monoisotopic (exact) mass is 381 g/mol. The molecule has 1 unspecified atom stereocenters. The molecular formula is C17H26F3NO3S. The van der Waals surface area contributed by atoms with E-state index in [9.17, 15) is 13.2 Å². The molecule has 1 saturated heterocycles. The van der Waals surface area contributed by atoms with Crippen LogP contribution in [0.4, 0.5) is 13.2 Å². The molecule has 1 aliphatic rings. The van der Waals surface area contributed by atoms with Crippen molar-refractivity contribution in [2.75, 3.05) is 26.2 Å². The minimum absolute atomic E-state index is 0.356. The normalized spacial score (nSPS) is 18.5. The lowest BCUT2D eigenvalue weighted by molar-refractivity contribution is -0.192. The number of hydrogen-bond acceptors (Lipinski definition) is 4. The Balaban J connectivity index is 0.000000381. The zero-order valence-corrected chi connectivity index (χ0v) is 15.0. The second-order valence-corrected chi connectivity index (χ2v) is 7.19. The average Bonchev–Trinajstić information content (AvgIpc) is 3.06. The van der Waals surface area contributed by atoms with Crippen LogP contribution in [0.2, 0.25) is 0 Å². The second kappa shape index (κ2) is 11.5. The van der Waals surface area contributed by atoms with E-state index >= 15 is 0 Å². The zero-order chi connectivity index (χ0) is 18.7. The number of likely N-dealkylation sites (tertiary alicyclic amines) is 1. The third-order valence-electron chi connectivity index (χ3n) is 4.09. The second-order valence-electron chi connectivity index (χ2n) is 6.16. The summed E-state index contributed by atoms with van der Waals surface area (Å²) in [5.74, 6) is -1.93. The fourth-order valence-electron chi connectivity index (χ4n) is 2.90. The molecule has 0 spiro atoms. The first-order chi connectivity index (χ1) is 11.8. The molecule has 0 aromatic carbocycles. The third-order valence-corrected chi connectivity index (χ3v) is 5.03. The minimum atomic E-state index is -5.08. The van der Waals surface area contributed by atoms with Crippen molar-refractivity contribution in [3.8, 4) is 0 Å². The highest BCUT2D eigenvalue weighted by atomic mass is 32.1. The molecule has 1 atom stereocenters. The van der Waals surface area contributed by atoms with Gasteiger partial charge in [0.1, 0.15) is 0 Å². The highest BCUT2D eigenvalue weighted by Gasteiger charge is 2.38. The van der Waals surface area contributed by atoms with Crippen LogP contribution < -0.4 is 0 Å². The molecule has 25 heavy (non-hydrogen) atoms. The molecule has 2 rings (SSSR count). The number of piperidine rings is 1. The summed E-state index contributed by atoms with van der Waals surface area (Å²) in [6, 6.07) is 4.39. The fourth-order valence-corrected chi connectivity index (χ4v) is 3.65. The van der Waals surface area contributed by atoms with Gasteiger partial charge < -0.3 is 15.1 Å². The summed E-state index contributed by atoms with van der Waals surface area (Å²) in [4.78, 5) is 13.0. The number of carboxylic acid groups (broad SMARTS) is 1. The predicted molar refractivity (Wildman–Crippen MR) is 91.8 cm³/mol. The Morgan fingerprint density at radius 2 is 2.08 bits per heavy atom. The van der Waals surface area contributed by atoms with E-state index in [0.29, 0.717) is 6.61 Å². The van der Waals surface area contributed by atoms with Gasteiger partial charge in [-0.1, -0.05) is 6.07 Å². The van der Waals surface area contributed by atoms with Gasteiger partial charge in [0.25, 0.3) is 0 Å². The number of aliphatic carboxylic acids is 1. The van der Waals surface area contributed by atoms with E-state index in [1.54, 1.807) is 0 Å². The van der Waals surface area contributed by atoms with Crippen LogP contribution >= 0.6 is 11.3 Å². The van der Waals surface area contributed by atoms with Crippen LogP contribution in [-0.2, 0) is 11.2 Å². The SMILES string of the molecule is O=C(O)C(F)(F)F.OCCCC1CCCN(CCCc2cccs2)C1. The molecule has 1 aliphatic heterocycles. The maximum atomic E-state index is 10.6. The van der Waals surface area contributed by atoms with Crippen molar-refractivity contribution in [2.24, 2.45) is 5.92 Å². The average molecular weight is 381 g/mol. The van der Waals surface area contributed by atoms with E-state index in [4.69, 9.17) is 15.0 Å². The Hall–Kier alpha value is -1.12. The molecule has 0 bridgehead atoms. The molecule has 1 aromatic heterocycles. The first-order valence-electron chi connectivity index (χ1n) is 8.48. The van der Waals surface area contributed by atoms with Crippen molar-refractivity contribution >= 4 is 17.3 Å². The van der Waals surface area contributed by atoms with Crippen LogP contribution in [0.3, 0.4) is 0 Å². The summed E-state index contributed by atoms with van der Waals surface area (Å²) in [6.45, 7) is 4.13. The first-order valence-corrected chi connectivity index (χ1v) is 9.36. The van der Waals surface area contributed by atoms with Gasteiger partial charge in [-0.25, -0.2) is 4.79 Å². The van der Waals surface area contributed by atoms with Crippen molar-refractivity contribution in [1.29, 1.82) is 0 Å². The van der Waals surface area contributed by atoms with Crippen molar-refractivity contribution in [2.45, 2.75) is 44.7 Å². The third kappa shape index (κ3) is 9.81. The lowest BCUT2D eigenvalue weighted by atomic mass is 9.93. The number of nitrogens with zero attached hydrogens (tertiary/aromatic N) is 1. The fraction of sp³-hybridized carbons (Fsp3) is 0.706. The number of carboxylic acids is 1. The number of aliphatic hydroxyl groups is 1. The summed E-state index contributed by atoms with van der Waals surface area (Å²) < 4.78 is 31.7. The summed E-state index contributed by atoms with van der Waals surface area (Å²) in [6.07, 6.45) is 2.32. The summed E-state index contributed by atoms with van der Waals surface area (Å²) in [5.41, 5.74) is 0. The summed E-state index contributed by atoms with van der Waals surface area (Å²) in [7, 11) is 0. The molecule has 1 aromatic rings. The Labute approximate surface area is 150 Å². The smallest absolute Gasteiger partial charge is 0.475 e. The maximum Gasteiger partial charge on any atom is 0.490 e. The van der Waals surface area contributed by atoms with Crippen molar-refractivity contribution < 1.29 is 28.2 Å². The molecule has 0 amide bonds. The van der Waals surface area contributed by atoms with Gasteiger partial charge in [0.2, 0.25) is 0 Å². The van der Waals surface area contributed by atoms with Crippen LogP contribution in [0, 0.1) is 5.92 Å². The van der Waals surface area contributed by atoms with Crippen molar-refractivity contribution in [3.63, 3.8) is 0 Å². The lowest BCUT2D eigenvalue weighted by Crippen LogP contribution is -2.36. The number of hydrogen-bond donors (Lipinski definition) is 2. The number of carbonyl (C=O) groups is 1. The van der Waals surface area contributed by atoms with E-state index in [2.05, 4.69) is 22.4 Å². The van der Waals surface area contributed by atoms with Gasteiger partial charge in [-0.2, -0.15) is 13.2 Å². The molecule has 1 fully saturated rings. The molecular weight excluding hydrogens is 355 g/mol. The number of halogens is 3. The van der Waals surface area contributed by atoms with E-state index in [1.807, 2.05) is 11.3 Å². The molecule has 0 saturated carbocycles. The van der Waals surface area contributed by atoms with Crippen LogP contribution in [0.5, 0.6) is 0 Å². The molecule has 8 heteroatoms. The minimum Gasteiger partial charge on any atom is -0.475 e. The number of thiophene rings is 1. The first kappa shape index (κ1) is 21.9. The number of aryl methyl sites for hydroxylation is 1. The van der Waals surface area contributed by atoms with E-state index in [0.717, 1.165) is 12.3 Å². The highest BCUT2D eigenvalue weighted by molar-refractivity contribution is 7.09. The van der Waals surface area contributed by atoms with E-state index in [-0.39, 0.29) is 0 Å². The Bertz CT molecular complexity index is 480. The van der Waals surface area contributed by atoms with Crippen LogP contribution in [0.15, 0.2) is 17.5 Å². The molecule has 2 heterocycles. The predicted octanol–water partition coefficient (Wildman–Crippen LogP) is 3.80. The van der Waals surface area contributed by atoms with Gasteiger partial charge in [0, 0.05) is 18.0 Å². The van der Waals surface area contributed by atoms with Crippen LogP contribution in [0.1, 0.15) is 37.0 Å². The number of rotatable bonds is 7. The van der Waals surface area contributed by atoms with E-state index in [1.165, 1.54) is 56.6 Å². The van der Waals surface area contributed by atoms with Crippen molar-refractivity contribution in [3.05, 3.63) is 22.4 Å².